The number of nitrogens with zero attached hydrogens (tertiary/aromatic N) is 3. The van der Waals surface area contributed by atoms with Gasteiger partial charge in [0.2, 0.25) is 11.8 Å². The Bertz CT molecular complexity index is 993. The molecule has 5 nitrogen and oxygen atoms in total. The van der Waals surface area contributed by atoms with Crippen molar-refractivity contribution >= 4 is 39.1 Å². The molecule has 138 valence electrons. The Labute approximate surface area is 162 Å². The van der Waals surface area contributed by atoms with Crippen molar-refractivity contribution in [2.24, 2.45) is 0 Å². The summed E-state index contributed by atoms with van der Waals surface area (Å²) in [5.74, 6) is 0.142. The van der Waals surface area contributed by atoms with Gasteiger partial charge in [-0.15, -0.1) is 11.3 Å². The molecule has 1 aromatic heterocycles. The van der Waals surface area contributed by atoms with Gasteiger partial charge in [-0.1, -0.05) is 42.5 Å². The van der Waals surface area contributed by atoms with Crippen molar-refractivity contribution in [3.05, 3.63) is 59.1 Å². The second-order valence-electron chi connectivity index (χ2n) is 6.84. The van der Waals surface area contributed by atoms with Gasteiger partial charge in [-0.3, -0.25) is 14.5 Å². The van der Waals surface area contributed by atoms with Crippen molar-refractivity contribution in [1.82, 2.24) is 9.88 Å². The Balaban J connectivity index is 1.44. The van der Waals surface area contributed by atoms with Gasteiger partial charge in [-0.05, 0) is 22.8 Å². The predicted octanol–water partition coefficient (Wildman–Crippen LogP) is 3.62. The van der Waals surface area contributed by atoms with Crippen LogP contribution in [0.4, 0.5) is 5.13 Å². The summed E-state index contributed by atoms with van der Waals surface area (Å²) in [6, 6.07) is 14.4. The molecule has 2 amide bonds. The number of hydrogen-bond acceptors (Lipinski definition) is 4. The first-order valence-corrected chi connectivity index (χ1v) is 9.95. The standard InChI is InChI=1S/C21H21N3O2S/c1-23(13-16-8-4-7-15-6-2-3-9-18(15)16)20(26)12-17-14-27-21(22-17)24-11-5-10-19(24)25/h2-4,6-9,14H,5,10-13H2,1H3. The van der Waals surface area contributed by atoms with Crippen molar-refractivity contribution in [1.29, 1.82) is 0 Å². The highest BCUT2D eigenvalue weighted by molar-refractivity contribution is 7.14. The van der Waals surface area contributed by atoms with Crippen LogP contribution in [0.25, 0.3) is 10.8 Å². The normalized spacial score (nSPS) is 14.1. The zero-order chi connectivity index (χ0) is 18.8. The van der Waals surface area contributed by atoms with E-state index >= 15 is 0 Å². The highest BCUT2D eigenvalue weighted by Crippen LogP contribution is 2.26. The number of hydrogen-bond donors (Lipinski definition) is 0. The topological polar surface area (TPSA) is 53.5 Å². The van der Waals surface area contributed by atoms with E-state index in [1.807, 2.05) is 30.6 Å². The number of thiazole rings is 1. The number of aromatic nitrogens is 1. The third-order valence-electron chi connectivity index (χ3n) is 4.89. The molecule has 2 heterocycles. The number of amides is 2. The number of anilines is 1. The molecule has 1 saturated heterocycles. The van der Waals surface area contributed by atoms with Gasteiger partial charge in [0, 0.05) is 31.9 Å². The van der Waals surface area contributed by atoms with Crippen LogP contribution in [0.2, 0.25) is 0 Å². The molecular weight excluding hydrogens is 358 g/mol. The van der Waals surface area contributed by atoms with Gasteiger partial charge in [0.25, 0.3) is 0 Å². The maximum absolute atomic E-state index is 12.7. The smallest absolute Gasteiger partial charge is 0.228 e. The second kappa shape index (κ2) is 7.48. The second-order valence-corrected chi connectivity index (χ2v) is 7.67. The number of rotatable bonds is 5. The van der Waals surface area contributed by atoms with Crippen LogP contribution in [0, 0.1) is 0 Å². The molecule has 0 spiro atoms. The average Bonchev–Trinajstić information content (AvgIpc) is 3.30. The lowest BCUT2D eigenvalue weighted by Gasteiger charge is -2.18. The summed E-state index contributed by atoms with van der Waals surface area (Å²) < 4.78 is 0. The zero-order valence-electron chi connectivity index (χ0n) is 15.2. The van der Waals surface area contributed by atoms with Crippen LogP contribution in [-0.4, -0.2) is 35.3 Å². The van der Waals surface area contributed by atoms with E-state index in [4.69, 9.17) is 0 Å². The predicted molar refractivity (Wildman–Crippen MR) is 108 cm³/mol. The van der Waals surface area contributed by atoms with Crippen molar-refractivity contribution < 1.29 is 9.59 Å². The van der Waals surface area contributed by atoms with Crippen LogP contribution in [0.15, 0.2) is 47.8 Å². The molecule has 1 aliphatic rings. The monoisotopic (exact) mass is 379 g/mol. The van der Waals surface area contributed by atoms with Crippen molar-refractivity contribution in [2.75, 3.05) is 18.5 Å². The van der Waals surface area contributed by atoms with E-state index in [1.54, 1.807) is 9.80 Å². The van der Waals surface area contributed by atoms with Gasteiger partial charge in [-0.2, -0.15) is 0 Å². The molecule has 0 aliphatic carbocycles. The van der Waals surface area contributed by atoms with E-state index in [-0.39, 0.29) is 18.2 Å². The van der Waals surface area contributed by atoms with Gasteiger partial charge >= 0.3 is 0 Å². The summed E-state index contributed by atoms with van der Waals surface area (Å²) >= 11 is 1.43. The minimum absolute atomic E-state index is 0.0209. The summed E-state index contributed by atoms with van der Waals surface area (Å²) in [6.45, 7) is 1.28. The maximum Gasteiger partial charge on any atom is 0.228 e. The minimum Gasteiger partial charge on any atom is -0.341 e. The molecule has 6 heteroatoms. The van der Waals surface area contributed by atoms with E-state index in [2.05, 4.69) is 29.2 Å². The highest BCUT2D eigenvalue weighted by Gasteiger charge is 2.24. The molecule has 1 aliphatic heterocycles. The summed E-state index contributed by atoms with van der Waals surface area (Å²) in [4.78, 5) is 32.5. The minimum atomic E-state index is 0.0209. The molecule has 0 radical (unpaired) electrons. The number of carbonyl (C=O) groups is 2. The van der Waals surface area contributed by atoms with Gasteiger partial charge < -0.3 is 4.90 Å². The maximum atomic E-state index is 12.7. The Morgan fingerprint density at radius 3 is 2.85 bits per heavy atom. The number of benzene rings is 2. The number of fused-ring (bicyclic) bond motifs is 1. The van der Waals surface area contributed by atoms with E-state index in [0.29, 0.717) is 18.1 Å². The van der Waals surface area contributed by atoms with E-state index < -0.39 is 0 Å². The Morgan fingerprint density at radius 2 is 2.04 bits per heavy atom. The fourth-order valence-electron chi connectivity index (χ4n) is 3.42. The average molecular weight is 379 g/mol. The molecule has 0 saturated carbocycles. The van der Waals surface area contributed by atoms with Crippen LogP contribution in [-0.2, 0) is 22.6 Å². The molecule has 4 rings (SSSR count). The summed E-state index contributed by atoms with van der Waals surface area (Å²) in [7, 11) is 1.82. The molecule has 3 aromatic rings. The lowest BCUT2D eigenvalue weighted by Crippen LogP contribution is -2.28. The lowest BCUT2D eigenvalue weighted by molar-refractivity contribution is -0.129. The Hall–Kier alpha value is -2.73. The summed E-state index contributed by atoms with van der Waals surface area (Å²) in [5, 5.41) is 4.93. The third-order valence-corrected chi connectivity index (χ3v) is 5.80. The van der Waals surface area contributed by atoms with Gasteiger partial charge in [0.05, 0.1) is 12.1 Å². The largest absolute Gasteiger partial charge is 0.341 e. The number of carbonyl (C=O) groups excluding carboxylic acids is 2. The van der Waals surface area contributed by atoms with Crippen molar-refractivity contribution in [3.8, 4) is 0 Å². The number of likely N-dealkylation sites (N-methyl/N-ethyl adjacent to an activating group) is 1. The Morgan fingerprint density at radius 1 is 1.22 bits per heavy atom. The quantitative estimate of drug-likeness (QED) is 0.680. The van der Waals surface area contributed by atoms with Crippen LogP contribution >= 0.6 is 11.3 Å². The SMILES string of the molecule is CN(Cc1cccc2ccccc12)C(=O)Cc1csc(N2CCCC2=O)n1. The molecular formula is C21H21N3O2S. The lowest BCUT2D eigenvalue weighted by atomic mass is 10.0. The summed E-state index contributed by atoms with van der Waals surface area (Å²) in [6.07, 6.45) is 1.71. The first-order chi connectivity index (χ1) is 13.1. The van der Waals surface area contributed by atoms with Gasteiger partial charge in [-0.25, -0.2) is 4.98 Å². The first kappa shape index (κ1) is 17.7. The summed E-state index contributed by atoms with van der Waals surface area (Å²) in [5.41, 5.74) is 1.86. The molecule has 1 fully saturated rings. The first-order valence-electron chi connectivity index (χ1n) is 9.07. The van der Waals surface area contributed by atoms with E-state index in [0.717, 1.165) is 24.2 Å². The molecule has 0 N–H and O–H groups in total. The van der Waals surface area contributed by atoms with Crippen LogP contribution in [0.3, 0.4) is 0 Å². The van der Waals surface area contributed by atoms with Crippen molar-refractivity contribution in [2.45, 2.75) is 25.8 Å². The fourth-order valence-corrected chi connectivity index (χ4v) is 4.28. The Kier molecular flexibility index (Phi) is 4.90. The van der Waals surface area contributed by atoms with Crippen LogP contribution in [0.1, 0.15) is 24.1 Å². The molecule has 0 unspecified atom stereocenters. The van der Waals surface area contributed by atoms with Crippen LogP contribution < -0.4 is 4.90 Å². The van der Waals surface area contributed by atoms with E-state index in [9.17, 15) is 9.59 Å². The van der Waals surface area contributed by atoms with E-state index in [1.165, 1.54) is 22.1 Å². The van der Waals surface area contributed by atoms with Crippen molar-refractivity contribution in [3.63, 3.8) is 0 Å². The molecule has 0 bridgehead atoms. The molecule has 27 heavy (non-hydrogen) atoms. The highest BCUT2D eigenvalue weighted by atomic mass is 32.1. The van der Waals surface area contributed by atoms with Crippen LogP contribution in [0.5, 0.6) is 0 Å². The third kappa shape index (κ3) is 3.71. The fraction of sp³-hybridized carbons (Fsp3) is 0.286. The van der Waals surface area contributed by atoms with Gasteiger partial charge in [0.15, 0.2) is 5.13 Å². The molecule has 0 atom stereocenters. The zero-order valence-corrected chi connectivity index (χ0v) is 16.0. The van der Waals surface area contributed by atoms with Gasteiger partial charge in [0.1, 0.15) is 0 Å². The molecule has 2 aromatic carbocycles.